The summed E-state index contributed by atoms with van der Waals surface area (Å²) in [6, 6.07) is 4.72. The molecule has 0 fully saturated rings. The standard InChI is InChI=1S/C8H4ClNO2.C3H7NO/c9-4-1-2-6-5(3-4)7(11)8(12)10-6;1-2-3(4)5/h1-3H,(H,10,11,12);2H2,1H3,(H2,4,5). The molecule has 1 heterocycles. The zero-order valence-electron chi connectivity index (χ0n) is 9.12. The Balaban J connectivity index is 0.000000249. The molecule has 2 rings (SSSR count). The van der Waals surface area contributed by atoms with Gasteiger partial charge in [0, 0.05) is 11.4 Å². The Hall–Kier alpha value is -1.88. The Bertz CT molecular complexity index is 486. The first-order valence-electron chi connectivity index (χ1n) is 4.89. The second-order valence-electron chi connectivity index (χ2n) is 3.29. The maximum Gasteiger partial charge on any atom is 0.296 e. The fraction of sp³-hybridized carbons (Fsp3) is 0.182. The molecular weight excluding hydrogens is 244 g/mol. The van der Waals surface area contributed by atoms with E-state index in [0.717, 1.165) is 0 Å². The van der Waals surface area contributed by atoms with Crippen molar-refractivity contribution in [1.82, 2.24) is 0 Å². The molecule has 0 radical (unpaired) electrons. The van der Waals surface area contributed by atoms with Gasteiger partial charge in [-0.05, 0) is 18.2 Å². The number of hydrogen-bond acceptors (Lipinski definition) is 3. The van der Waals surface area contributed by atoms with E-state index in [1.165, 1.54) is 6.07 Å². The Morgan fingerprint density at radius 1 is 1.41 bits per heavy atom. The number of ketones is 1. The van der Waals surface area contributed by atoms with E-state index in [9.17, 15) is 14.4 Å². The summed E-state index contributed by atoms with van der Waals surface area (Å²) in [5.41, 5.74) is 5.54. The zero-order chi connectivity index (χ0) is 13.0. The van der Waals surface area contributed by atoms with Gasteiger partial charge < -0.3 is 11.1 Å². The summed E-state index contributed by atoms with van der Waals surface area (Å²) in [4.78, 5) is 31.5. The van der Waals surface area contributed by atoms with E-state index >= 15 is 0 Å². The molecule has 0 aromatic heterocycles. The van der Waals surface area contributed by atoms with Crippen LogP contribution in [0.3, 0.4) is 0 Å². The van der Waals surface area contributed by atoms with Crippen LogP contribution in [0.15, 0.2) is 18.2 Å². The minimum absolute atomic E-state index is 0.245. The lowest BCUT2D eigenvalue weighted by atomic mass is 10.1. The summed E-state index contributed by atoms with van der Waals surface area (Å²) in [5.74, 6) is -1.36. The van der Waals surface area contributed by atoms with Crippen LogP contribution < -0.4 is 11.1 Å². The number of primary amides is 1. The van der Waals surface area contributed by atoms with Crippen LogP contribution in [-0.4, -0.2) is 17.6 Å². The Labute approximate surface area is 103 Å². The van der Waals surface area contributed by atoms with E-state index in [1.807, 2.05) is 0 Å². The molecule has 5 nitrogen and oxygen atoms in total. The highest BCUT2D eigenvalue weighted by Crippen LogP contribution is 2.25. The molecule has 0 spiro atoms. The van der Waals surface area contributed by atoms with Gasteiger partial charge >= 0.3 is 0 Å². The lowest BCUT2D eigenvalue weighted by Crippen LogP contribution is -2.12. The van der Waals surface area contributed by atoms with Crippen LogP contribution in [0.5, 0.6) is 0 Å². The molecule has 90 valence electrons. The van der Waals surface area contributed by atoms with Crippen molar-refractivity contribution in [3.05, 3.63) is 28.8 Å². The molecule has 0 atom stereocenters. The lowest BCUT2D eigenvalue weighted by Gasteiger charge is -1.94. The van der Waals surface area contributed by atoms with Crippen LogP contribution in [0.1, 0.15) is 23.7 Å². The summed E-state index contributed by atoms with van der Waals surface area (Å²) in [6.45, 7) is 1.72. The first-order chi connectivity index (χ1) is 7.95. The normalized spacial score (nSPS) is 12.4. The van der Waals surface area contributed by atoms with E-state index in [1.54, 1.807) is 19.1 Å². The van der Waals surface area contributed by atoms with E-state index in [0.29, 0.717) is 22.7 Å². The highest BCUT2D eigenvalue weighted by molar-refractivity contribution is 6.52. The van der Waals surface area contributed by atoms with Gasteiger partial charge in [-0.3, -0.25) is 14.4 Å². The van der Waals surface area contributed by atoms with Gasteiger partial charge in [-0.15, -0.1) is 0 Å². The van der Waals surface area contributed by atoms with Crippen molar-refractivity contribution in [3.63, 3.8) is 0 Å². The van der Waals surface area contributed by atoms with Gasteiger partial charge in [0.15, 0.2) is 0 Å². The summed E-state index contributed by atoms with van der Waals surface area (Å²) in [5, 5.41) is 2.88. The van der Waals surface area contributed by atoms with E-state index in [4.69, 9.17) is 11.6 Å². The monoisotopic (exact) mass is 254 g/mol. The highest BCUT2D eigenvalue weighted by atomic mass is 35.5. The molecule has 1 aromatic rings. The molecule has 3 N–H and O–H groups in total. The zero-order valence-corrected chi connectivity index (χ0v) is 9.88. The molecule has 6 heteroatoms. The molecule has 0 aliphatic carbocycles. The van der Waals surface area contributed by atoms with Crippen molar-refractivity contribution in [1.29, 1.82) is 0 Å². The topological polar surface area (TPSA) is 89.3 Å². The molecule has 0 saturated carbocycles. The lowest BCUT2D eigenvalue weighted by molar-refractivity contribution is -0.117. The number of fused-ring (bicyclic) bond motifs is 1. The number of hydrogen-bond donors (Lipinski definition) is 2. The average molecular weight is 255 g/mol. The number of nitrogens with two attached hydrogens (primary N) is 1. The number of nitrogens with one attached hydrogen (secondary N) is 1. The number of anilines is 1. The Morgan fingerprint density at radius 2 is 2.00 bits per heavy atom. The molecule has 0 unspecified atom stereocenters. The predicted molar refractivity (Wildman–Crippen MR) is 63.9 cm³/mol. The summed E-state index contributed by atoms with van der Waals surface area (Å²) >= 11 is 5.65. The third kappa shape index (κ3) is 3.29. The van der Waals surface area contributed by atoms with E-state index in [-0.39, 0.29) is 5.91 Å². The quantitative estimate of drug-likeness (QED) is 0.742. The van der Waals surface area contributed by atoms with Crippen LogP contribution in [0.25, 0.3) is 0 Å². The van der Waals surface area contributed by atoms with Crippen LogP contribution >= 0.6 is 11.6 Å². The van der Waals surface area contributed by atoms with Crippen molar-refractivity contribution in [2.75, 3.05) is 5.32 Å². The SMILES string of the molecule is CCC(N)=O.O=C1Nc2ccc(Cl)cc2C1=O. The number of halogens is 1. The van der Waals surface area contributed by atoms with E-state index in [2.05, 4.69) is 11.1 Å². The van der Waals surface area contributed by atoms with Crippen LogP contribution in [0.4, 0.5) is 5.69 Å². The largest absolute Gasteiger partial charge is 0.370 e. The molecule has 1 aliphatic rings. The Morgan fingerprint density at radius 3 is 2.53 bits per heavy atom. The van der Waals surface area contributed by atoms with Gasteiger partial charge in [-0.1, -0.05) is 18.5 Å². The van der Waals surface area contributed by atoms with Crippen molar-refractivity contribution < 1.29 is 14.4 Å². The smallest absolute Gasteiger partial charge is 0.296 e. The first kappa shape index (κ1) is 13.2. The minimum Gasteiger partial charge on any atom is -0.370 e. The maximum absolute atomic E-state index is 11.1. The van der Waals surface area contributed by atoms with E-state index < -0.39 is 11.7 Å². The maximum atomic E-state index is 11.1. The molecular formula is C11H11ClN2O3. The number of carbonyl (C=O) groups excluding carboxylic acids is 3. The second kappa shape index (κ2) is 5.45. The molecule has 17 heavy (non-hydrogen) atoms. The van der Waals surface area contributed by atoms with Crippen molar-refractivity contribution in [2.45, 2.75) is 13.3 Å². The third-order valence-corrected chi connectivity index (χ3v) is 2.26. The molecule has 2 amide bonds. The first-order valence-corrected chi connectivity index (χ1v) is 5.27. The summed E-state index contributed by atoms with van der Waals surface area (Å²) in [6.07, 6.45) is 0.444. The molecule has 0 saturated heterocycles. The van der Waals surface area contributed by atoms with Gasteiger partial charge in [-0.25, -0.2) is 0 Å². The third-order valence-electron chi connectivity index (χ3n) is 2.03. The molecule has 1 aliphatic heterocycles. The van der Waals surface area contributed by atoms with Crippen LogP contribution in [0, 0.1) is 0 Å². The average Bonchev–Trinajstić information content (AvgIpc) is 2.56. The fourth-order valence-electron chi connectivity index (χ4n) is 1.11. The second-order valence-corrected chi connectivity index (χ2v) is 3.73. The number of Topliss-reactive ketones (excluding diaryl/α,β-unsaturated/α-hetero) is 1. The minimum atomic E-state index is -0.590. The number of amides is 2. The van der Waals surface area contributed by atoms with Crippen molar-refractivity contribution >= 4 is 34.9 Å². The van der Waals surface area contributed by atoms with Crippen molar-refractivity contribution in [2.24, 2.45) is 5.73 Å². The van der Waals surface area contributed by atoms with Gasteiger partial charge in [0.25, 0.3) is 11.7 Å². The fourth-order valence-corrected chi connectivity index (χ4v) is 1.29. The summed E-state index contributed by atoms with van der Waals surface area (Å²) in [7, 11) is 0. The number of benzene rings is 1. The number of carbonyl (C=O) groups is 3. The van der Waals surface area contributed by atoms with Crippen LogP contribution in [-0.2, 0) is 9.59 Å². The van der Waals surface area contributed by atoms with Gasteiger partial charge in [0.05, 0.1) is 11.3 Å². The van der Waals surface area contributed by atoms with Gasteiger partial charge in [0.1, 0.15) is 0 Å². The number of rotatable bonds is 1. The van der Waals surface area contributed by atoms with Crippen LogP contribution in [0.2, 0.25) is 5.02 Å². The van der Waals surface area contributed by atoms with Gasteiger partial charge in [-0.2, -0.15) is 0 Å². The highest BCUT2D eigenvalue weighted by Gasteiger charge is 2.27. The van der Waals surface area contributed by atoms with Crippen molar-refractivity contribution in [3.8, 4) is 0 Å². The Kier molecular flexibility index (Phi) is 4.23. The van der Waals surface area contributed by atoms with Gasteiger partial charge in [0.2, 0.25) is 5.91 Å². The summed E-state index contributed by atoms with van der Waals surface area (Å²) < 4.78 is 0. The molecule has 1 aromatic carbocycles. The predicted octanol–water partition coefficient (Wildman–Crippen LogP) is 1.36. The molecule has 0 bridgehead atoms.